The Morgan fingerprint density at radius 2 is 1.55 bits per heavy atom. The zero-order chi connectivity index (χ0) is 30.3. The SMILES string of the molecule is CCC(C(=O)NC1CCCCC1)N(Cc1c(Cl)cccc1Cl)C(=O)CN(c1ccc(F)cc1)S(=O)(=O)c1ccccc1. The minimum Gasteiger partial charge on any atom is -0.352 e. The van der Waals surface area contributed by atoms with Crippen LogP contribution in [0.4, 0.5) is 10.1 Å². The first-order valence-corrected chi connectivity index (χ1v) is 16.2. The Labute approximate surface area is 256 Å². The molecule has 0 aromatic heterocycles. The van der Waals surface area contributed by atoms with Gasteiger partial charge in [0.15, 0.2) is 0 Å². The highest BCUT2D eigenvalue weighted by molar-refractivity contribution is 7.92. The van der Waals surface area contributed by atoms with E-state index in [-0.39, 0.29) is 35.5 Å². The molecule has 1 aliphatic carbocycles. The number of amides is 2. The highest BCUT2D eigenvalue weighted by Gasteiger charge is 2.35. The van der Waals surface area contributed by atoms with Crippen LogP contribution in [0.25, 0.3) is 0 Å². The number of sulfonamides is 1. The third kappa shape index (κ3) is 7.62. The molecule has 1 fully saturated rings. The molecule has 3 aromatic carbocycles. The van der Waals surface area contributed by atoms with Crippen LogP contribution in [0.2, 0.25) is 10.0 Å². The molecule has 3 aromatic rings. The number of carbonyl (C=O) groups is 2. The van der Waals surface area contributed by atoms with E-state index in [9.17, 15) is 22.4 Å². The predicted molar refractivity (Wildman–Crippen MR) is 163 cm³/mol. The van der Waals surface area contributed by atoms with E-state index in [1.807, 2.05) is 0 Å². The quantitative estimate of drug-likeness (QED) is 0.258. The van der Waals surface area contributed by atoms with Gasteiger partial charge in [0.1, 0.15) is 18.4 Å². The van der Waals surface area contributed by atoms with Crippen molar-refractivity contribution < 1.29 is 22.4 Å². The molecular weight excluding hydrogens is 600 g/mol. The fourth-order valence-electron chi connectivity index (χ4n) is 5.17. The second-order valence-corrected chi connectivity index (χ2v) is 13.0. The molecule has 2 amide bonds. The second kappa shape index (κ2) is 14.4. The van der Waals surface area contributed by atoms with Crippen molar-refractivity contribution in [2.75, 3.05) is 10.8 Å². The second-order valence-electron chi connectivity index (χ2n) is 10.3. The van der Waals surface area contributed by atoms with E-state index >= 15 is 0 Å². The Hall–Kier alpha value is -3.14. The van der Waals surface area contributed by atoms with Crippen LogP contribution in [0.5, 0.6) is 0 Å². The summed E-state index contributed by atoms with van der Waals surface area (Å²) in [5, 5.41) is 3.73. The molecule has 4 rings (SSSR count). The van der Waals surface area contributed by atoms with Crippen molar-refractivity contribution in [2.45, 2.75) is 69.0 Å². The smallest absolute Gasteiger partial charge is 0.264 e. The molecule has 1 atom stereocenters. The molecule has 0 spiro atoms. The van der Waals surface area contributed by atoms with Gasteiger partial charge in [0.05, 0.1) is 10.6 Å². The number of nitrogens with zero attached hydrogens (tertiary/aromatic N) is 2. The maximum Gasteiger partial charge on any atom is 0.264 e. The minimum atomic E-state index is -4.25. The van der Waals surface area contributed by atoms with Crippen LogP contribution in [0, 0.1) is 5.82 Å². The van der Waals surface area contributed by atoms with Crippen LogP contribution in [0.15, 0.2) is 77.7 Å². The van der Waals surface area contributed by atoms with Gasteiger partial charge in [-0.3, -0.25) is 13.9 Å². The van der Waals surface area contributed by atoms with Crippen molar-refractivity contribution in [3.63, 3.8) is 0 Å². The monoisotopic (exact) mass is 633 g/mol. The zero-order valence-electron chi connectivity index (χ0n) is 23.3. The number of hydrogen-bond acceptors (Lipinski definition) is 4. The van der Waals surface area contributed by atoms with Crippen molar-refractivity contribution in [1.29, 1.82) is 0 Å². The number of benzene rings is 3. The predicted octanol–water partition coefficient (Wildman–Crippen LogP) is 6.58. The number of rotatable bonds is 11. The van der Waals surface area contributed by atoms with Gasteiger partial charge in [-0.25, -0.2) is 12.8 Å². The zero-order valence-corrected chi connectivity index (χ0v) is 25.6. The molecule has 1 saturated carbocycles. The fraction of sp³-hybridized carbons (Fsp3) is 0.355. The van der Waals surface area contributed by atoms with Crippen molar-refractivity contribution in [3.05, 3.63) is 94.2 Å². The van der Waals surface area contributed by atoms with Crippen LogP contribution in [-0.2, 0) is 26.2 Å². The first kappa shape index (κ1) is 31.8. The minimum absolute atomic E-state index is 0.00956. The first-order chi connectivity index (χ1) is 20.1. The summed E-state index contributed by atoms with van der Waals surface area (Å²) in [5.74, 6) is -1.51. The van der Waals surface area contributed by atoms with E-state index in [4.69, 9.17) is 23.2 Å². The van der Waals surface area contributed by atoms with Crippen LogP contribution in [0.3, 0.4) is 0 Å². The fourth-order valence-corrected chi connectivity index (χ4v) is 7.13. The van der Waals surface area contributed by atoms with Gasteiger partial charge in [-0.1, -0.05) is 73.7 Å². The Morgan fingerprint density at radius 1 is 0.929 bits per heavy atom. The van der Waals surface area contributed by atoms with Crippen molar-refractivity contribution in [2.24, 2.45) is 0 Å². The molecule has 0 aliphatic heterocycles. The third-order valence-corrected chi connectivity index (χ3v) is 9.95. The lowest BCUT2D eigenvalue weighted by molar-refractivity contribution is -0.140. The molecule has 1 aliphatic rings. The summed E-state index contributed by atoms with van der Waals surface area (Å²) in [6.07, 6.45) is 5.15. The van der Waals surface area contributed by atoms with Crippen LogP contribution >= 0.6 is 23.2 Å². The normalized spacial score (nSPS) is 14.7. The van der Waals surface area contributed by atoms with Gasteiger partial charge in [0, 0.05) is 28.2 Å². The summed E-state index contributed by atoms with van der Waals surface area (Å²) in [6.45, 7) is 1.03. The van der Waals surface area contributed by atoms with Crippen molar-refractivity contribution >= 4 is 50.7 Å². The highest BCUT2D eigenvalue weighted by atomic mass is 35.5. The Bertz CT molecular complexity index is 1460. The molecule has 7 nitrogen and oxygen atoms in total. The van der Waals surface area contributed by atoms with Gasteiger partial charge >= 0.3 is 0 Å². The topological polar surface area (TPSA) is 86.8 Å². The number of halogens is 3. The largest absolute Gasteiger partial charge is 0.352 e. The van der Waals surface area contributed by atoms with E-state index in [1.54, 1.807) is 43.3 Å². The average Bonchev–Trinajstić information content (AvgIpc) is 2.98. The van der Waals surface area contributed by atoms with E-state index in [0.29, 0.717) is 15.6 Å². The van der Waals surface area contributed by atoms with Crippen LogP contribution in [-0.4, -0.2) is 43.8 Å². The maximum absolute atomic E-state index is 14.2. The van der Waals surface area contributed by atoms with Crippen molar-refractivity contribution in [3.8, 4) is 0 Å². The van der Waals surface area contributed by atoms with Gasteiger partial charge < -0.3 is 10.2 Å². The molecule has 0 radical (unpaired) electrons. The molecule has 0 saturated heterocycles. The number of anilines is 1. The Balaban J connectivity index is 1.72. The first-order valence-electron chi connectivity index (χ1n) is 14.0. The van der Waals surface area contributed by atoms with Crippen molar-refractivity contribution in [1.82, 2.24) is 10.2 Å². The van der Waals surface area contributed by atoms with Gasteiger partial charge in [-0.05, 0) is 67.8 Å². The number of nitrogens with one attached hydrogen (secondary N) is 1. The summed E-state index contributed by atoms with van der Waals surface area (Å²) in [7, 11) is -4.25. The third-order valence-electron chi connectivity index (χ3n) is 7.45. The van der Waals surface area contributed by atoms with E-state index in [1.165, 1.54) is 29.2 Å². The van der Waals surface area contributed by atoms with E-state index < -0.39 is 34.3 Å². The van der Waals surface area contributed by atoms with Gasteiger partial charge in [0.25, 0.3) is 10.0 Å². The Morgan fingerprint density at radius 3 is 2.14 bits per heavy atom. The molecule has 1 unspecified atom stereocenters. The summed E-state index contributed by atoms with van der Waals surface area (Å²) in [5.41, 5.74) is 0.543. The standard InChI is InChI=1S/C31H34Cl2FN3O4S/c1-2-29(31(39)35-23-10-5-3-6-11-23)36(20-26-27(32)14-9-15-28(26)33)30(38)21-37(24-18-16-22(34)17-19-24)42(40,41)25-12-7-4-8-13-25/h4,7-9,12-19,23,29H,2-3,5-6,10-11,20-21H2,1H3,(H,35,39). The summed E-state index contributed by atoms with van der Waals surface area (Å²) >= 11 is 12.9. The lowest BCUT2D eigenvalue weighted by Crippen LogP contribution is -2.54. The summed E-state index contributed by atoms with van der Waals surface area (Å²) in [6, 6.07) is 16.6. The lowest BCUT2D eigenvalue weighted by atomic mass is 9.95. The molecule has 224 valence electrons. The Kier molecular flexibility index (Phi) is 10.9. The maximum atomic E-state index is 14.2. The number of hydrogen-bond donors (Lipinski definition) is 1. The molecule has 11 heteroatoms. The highest BCUT2D eigenvalue weighted by Crippen LogP contribution is 2.29. The molecule has 0 bridgehead atoms. The van der Waals surface area contributed by atoms with E-state index in [2.05, 4.69) is 5.32 Å². The van der Waals surface area contributed by atoms with Gasteiger partial charge in [0.2, 0.25) is 11.8 Å². The lowest BCUT2D eigenvalue weighted by Gasteiger charge is -2.34. The summed E-state index contributed by atoms with van der Waals surface area (Å²) in [4.78, 5) is 29.1. The molecule has 1 N–H and O–H groups in total. The van der Waals surface area contributed by atoms with Gasteiger partial charge in [-0.15, -0.1) is 0 Å². The van der Waals surface area contributed by atoms with E-state index in [0.717, 1.165) is 48.5 Å². The van der Waals surface area contributed by atoms with Crippen LogP contribution < -0.4 is 9.62 Å². The average molecular weight is 635 g/mol. The summed E-state index contributed by atoms with van der Waals surface area (Å²) < 4.78 is 42.4. The molecule has 42 heavy (non-hydrogen) atoms. The molecular formula is C31H34Cl2FN3O4S. The molecule has 0 heterocycles. The van der Waals surface area contributed by atoms with Gasteiger partial charge in [-0.2, -0.15) is 0 Å². The van der Waals surface area contributed by atoms with Crippen LogP contribution in [0.1, 0.15) is 51.0 Å². The number of carbonyl (C=O) groups excluding carboxylic acids is 2.